The summed E-state index contributed by atoms with van der Waals surface area (Å²) >= 11 is 0. The van der Waals surface area contributed by atoms with Crippen molar-refractivity contribution >= 4 is 17.9 Å². The first-order valence-corrected chi connectivity index (χ1v) is 13.1. The highest BCUT2D eigenvalue weighted by Gasteiger charge is 2.25. The molecule has 2 heterocycles. The van der Waals surface area contributed by atoms with E-state index in [-0.39, 0.29) is 11.5 Å². The quantitative estimate of drug-likeness (QED) is 0.139. The molecule has 1 aliphatic rings. The molecule has 196 valence electrons. The van der Waals surface area contributed by atoms with Gasteiger partial charge in [0.15, 0.2) is 5.82 Å². The van der Waals surface area contributed by atoms with Crippen molar-refractivity contribution in [1.29, 1.82) is 0 Å². The van der Waals surface area contributed by atoms with Gasteiger partial charge in [-0.15, -0.1) is 10.2 Å². The average Bonchev–Trinajstić information content (AvgIpc) is 3.66. The van der Waals surface area contributed by atoms with Gasteiger partial charge in [0.2, 0.25) is 0 Å². The van der Waals surface area contributed by atoms with Crippen molar-refractivity contribution in [3.8, 4) is 0 Å². The molecule has 1 fully saturated rings. The predicted molar refractivity (Wildman–Crippen MR) is 147 cm³/mol. The summed E-state index contributed by atoms with van der Waals surface area (Å²) in [5.74, 6) is -0.195. The monoisotopic (exact) mass is 504 g/mol. The van der Waals surface area contributed by atoms with Crippen LogP contribution in [-0.4, -0.2) is 32.0 Å². The SMILES string of the molecule is C=C/C=C(\N=CNC(=O)C(=C/C(C)c1ccc(C2CC2)nc1)/C(F)=C\CCC)c1nncn1CCCC. The molecular formula is C29H37FN6O. The van der Waals surface area contributed by atoms with E-state index in [2.05, 4.69) is 39.0 Å². The maximum absolute atomic E-state index is 15.1. The third kappa shape index (κ3) is 8.17. The first-order valence-electron chi connectivity index (χ1n) is 13.1. The zero-order chi connectivity index (χ0) is 26.6. The van der Waals surface area contributed by atoms with Gasteiger partial charge in [0, 0.05) is 30.3 Å². The Morgan fingerprint density at radius 3 is 2.78 bits per heavy atom. The Balaban J connectivity index is 1.78. The van der Waals surface area contributed by atoms with Crippen molar-refractivity contribution in [2.24, 2.45) is 4.99 Å². The molecule has 1 atom stereocenters. The molecule has 7 nitrogen and oxygen atoms in total. The third-order valence-electron chi connectivity index (χ3n) is 6.13. The number of aromatic nitrogens is 4. The molecular weight excluding hydrogens is 467 g/mol. The number of aliphatic imine (C=N–C) groups is 1. The van der Waals surface area contributed by atoms with Gasteiger partial charge in [0.25, 0.3) is 5.91 Å². The standard InChI is InChI=1S/C29H37FN6O/c1-5-8-11-25(30)24(17-21(4)23-14-15-26(31-18-23)22-12-13-22)29(37)33-19-32-27(10-7-3)28-35-34-20-36(28)16-9-6-2/h7,10-11,14-15,17-22H,3,5-6,8-9,12-13,16H2,1-2,4H3,(H,32,33,37)/b24-17+,25-11+,27-10-. The highest BCUT2D eigenvalue weighted by Crippen LogP contribution is 2.39. The molecule has 8 heteroatoms. The van der Waals surface area contributed by atoms with Crippen LogP contribution in [-0.2, 0) is 11.3 Å². The fourth-order valence-corrected chi connectivity index (χ4v) is 3.77. The van der Waals surface area contributed by atoms with Crippen molar-refractivity contribution in [2.75, 3.05) is 0 Å². The molecule has 0 aromatic carbocycles. The topological polar surface area (TPSA) is 85.1 Å². The third-order valence-corrected chi connectivity index (χ3v) is 6.13. The van der Waals surface area contributed by atoms with Gasteiger partial charge in [-0.05, 0) is 49.5 Å². The van der Waals surface area contributed by atoms with Gasteiger partial charge < -0.3 is 9.88 Å². The van der Waals surface area contributed by atoms with Crippen molar-refractivity contribution in [3.05, 3.63) is 84.0 Å². The van der Waals surface area contributed by atoms with Crippen LogP contribution in [0.5, 0.6) is 0 Å². The van der Waals surface area contributed by atoms with Crippen LogP contribution >= 0.6 is 0 Å². The Morgan fingerprint density at radius 1 is 1.32 bits per heavy atom. The zero-order valence-electron chi connectivity index (χ0n) is 22.0. The van der Waals surface area contributed by atoms with Crippen molar-refractivity contribution in [3.63, 3.8) is 0 Å². The van der Waals surface area contributed by atoms with Crippen molar-refractivity contribution in [1.82, 2.24) is 25.1 Å². The lowest BCUT2D eigenvalue weighted by Gasteiger charge is -2.11. The molecule has 2 aromatic heterocycles. The van der Waals surface area contributed by atoms with Crippen LogP contribution in [0.3, 0.4) is 0 Å². The number of rotatable bonds is 14. The zero-order valence-corrected chi connectivity index (χ0v) is 22.0. The van der Waals surface area contributed by atoms with Gasteiger partial charge in [-0.25, -0.2) is 9.38 Å². The van der Waals surface area contributed by atoms with Crippen LogP contribution in [0.1, 0.15) is 88.2 Å². The van der Waals surface area contributed by atoms with Crippen LogP contribution in [0.15, 0.2) is 71.9 Å². The van der Waals surface area contributed by atoms with E-state index in [1.54, 1.807) is 24.6 Å². The Bertz CT molecular complexity index is 1170. The average molecular weight is 505 g/mol. The van der Waals surface area contributed by atoms with Gasteiger partial charge in [0.1, 0.15) is 17.9 Å². The number of carbonyl (C=O) groups is 1. The van der Waals surface area contributed by atoms with E-state index in [9.17, 15) is 4.79 Å². The van der Waals surface area contributed by atoms with Crippen LogP contribution in [0.25, 0.3) is 5.70 Å². The molecule has 2 aromatic rings. The lowest BCUT2D eigenvalue weighted by atomic mass is 9.98. The number of aryl methyl sites for hydroxylation is 1. The molecule has 0 bridgehead atoms. The summed E-state index contributed by atoms with van der Waals surface area (Å²) in [4.78, 5) is 22.0. The van der Waals surface area contributed by atoms with Gasteiger partial charge in [0.05, 0.1) is 11.9 Å². The minimum Gasteiger partial charge on any atom is -0.313 e. The minimum atomic E-state index is -0.576. The van der Waals surface area contributed by atoms with Gasteiger partial charge >= 0.3 is 0 Å². The number of pyridine rings is 1. The lowest BCUT2D eigenvalue weighted by molar-refractivity contribution is -0.116. The number of nitrogens with zero attached hydrogens (tertiary/aromatic N) is 5. The summed E-state index contributed by atoms with van der Waals surface area (Å²) in [7, 11) is 0. The Hall–Kier alpha value is -3.68. The summed E-state index contributed by atoms with van der Waals surface area (Å²) in [6.07, 6.45) is 16.8. The van der Waals surface area contributed by atoms with E-state index in [0.717, 1.165) is 37.1 Å². The van der Waals surface area contributed by atoms with Gasteiger partial charge in [-0.1, -0.05) is 58.4 Å². The number of allylic oxidation sites excluding steroid dienone is 4. The number of hydrogen-bond acceptors (Lipinski definition) is 5. The molecule has 1 saturated carbocycles. The van der Waals surface area contributed by atoms with Crippen LogP contribution < -0.4 is 5.32 Å². The number of hydrogen-bond donors (Lipinski definition) is 1. The molecule has 3 rings (SSSR count). The number of unbranched alkanes of at least 4 members (excludes halogenated alkanes) is 2. The molecule has 1 amide bonds. The second kappa shape index (κ2) is 14.2. The molecule has 1 aliphatic carbocycles. The Morgan fingerprint density at radius 2 is 2.14 bits per heavy atom. The summed E-state index contributed by atoms with van der Waals surface area (Å²) in [6.45, 7) is 10.5. The van der Waals surface area contributed by atoms with E-state index in [1.165, 1.54) is 25.3 Å². The molecule has 1 N–H and O–H groups in total. The first kappa shape index (κ1) is 27.9. The molecule has 0 radical (unpaired) electrons. The van der Waals surface area contributed by atoms with Crippen LogP contribution in [0.4, 0.5) is 4.39 Å². The number of nitrogens with one attached hydrogen (secondary N) is 1. The van der Waals surface area contributed by atoms with Crippen molar-refractivity contribution in [2.45, 2.75) is 77.7 Å². The van der Waals surface area contributed by atoms with Crippen molar-refractivity contribution < 1.29 is 9.18 Å². The minimum absolute atomic E-state index is 0.0287. The molecule has 0 aliphatic heterocycles. The molecule has 37 heavy (non-hydrogen) atoms. The Labute approximate surface area is 219 Å². The van der Waals surface area contributed by atoms with Crippen LogP contribution in [0.2, 0.25) is 0 Å². The Kier molecular flexibility index (Phi) is 10.7. The normalized spacial score (nSPS) is 15.7. The highest BCUT2D eigenvalue weighted by molar-refractivity contribution is 6.03. The maximum Gasteiger partial charge on any atom is 0.259 e. The summed E-state index contributed by atoms with van der Waals surface area (Å²) < 4.78 is 17.0. The number of amides is 1. The fraction of sp³-hybridized carbons (Fsp3) is 0.414. The van der Waals surface area contributed by atoms with Crippen LogP contribution in [0, 0.1) is 0 Å². The van der Waals surface area contributed by atoms with E-state index >= 15 is 4.39 Å². The summed E-state index contributed by atoms with van der Waals surface area (Å²) in [5.41, 5.74) is 2.48. The predicted octanol–water partition coefficient (Wildman–Crippen LogP) is 6.41. The molecule has 1 unspecified atom stereocenters. The molecule has 0 spiro atoms. The highest BCUT2D eigenvalue weighted by atomic mass is 19.1. The lowest BCUT2D eigenvalue weighted by Crippen LogP contribution is -2.24. The fourth-order valence-electron chi connectivity index (χ4n) is 3.77. The van der Waals surface area contributed by atoms with Gasteiger partial charge in [-0.2, -0.15) is 0 Å². The van der Waals surface area contributed by atoms with E-state index < -0.39 is 11.7 Å². The van der Waals surface area contributed by atoms with E-state index in [1.807, 2.05) is 36.7 Å². The smallest absolute Gasteiger partial charge is 0.259 e. The van der Waals surface area contributed by atoms with Gasteiger partial charge in [-0.3, -0.25) is 9.78 Å². The van der Waals surface area contributed by atoms with E-state index in [4.69, 9.17) is 0 Å². The second-order valence-corrected chi connectivity index (χ2v) is 9.22. The largest absolute Gasteiger partial charge is 0.313 e. The first-order chi connectivity index (χ1) is 18.0. The molecule has 0 saturated heterocycles. The van der Waals surface area contributed by atoms with E-state index in [0.29, 0.717) is 23.9 Å². The number of halogens is 1. The number of carbonyl (C=O) groups excluding carboxylic acids is 1. The summed E-state index contributed by atoms with van der Waals surface area (Å²) in [6, 6.07) is 4.03. The second-order valence-electron chi connectivity index (χ2n) is 9.22. The summed E-state index contributed by atoms with van der Waals surface area (Å²) in [5, 5.41) is 10.8. The maximum atomic E-state index is 15.1.